The second kappa shape index (κ2) is 5.26. The van der Waals surface area contributed by atoms with Crippen LogP contribution >= 0.6 is 0 Å². The Labute approximate surface area is 116 Å². The number of hydrogen-bond donors (Lipinski definition) is 1. The maximum absolute atomic E-state index is 10.9. The first-order valence-corrected chi connectivity index (χ1v) is 6.66. The number of hydrogen-bond acceptors (Lipinski definition) is 4. The molecule has 20 heavy (non-hydrogen) atoms. The summed E-state index contributed by atoms with van der Waals surface area (Å²) in [6, 6.07) is 7.38. The molecule has 0 saturated carbocycles. The minimum absolute atomic E-state index is 0.0160. The van der Waals surface area contributed by atoms with Crippen LogP contribution in [-0.2, 0) is 11.3 Å². The minimum Gasteiger partial charge on any atom is -0.475 e. The number of rotatable bonds is 4. The van der Waals surface area contributed by atoms with Gasteiger partial charge in [-0.05, 0) is 30.2 Å². The summed E-state index contributed by atoms with van der Waals surface area (Å²) in [5.74, 6) is -1.05. The van der Waals surface area contributed by atoms with Crippen LogP contribution < -0.4 is 0 Å². The fourth-order valence-corrected chi connectivity index (χ4v) is 2.69. The molecule has 1 N–H and O–H groups in total. The van der Waals surface area contributed by atoms with E-state index < -0.39 is 5.97 Å². The molecule has 2 aromatic rings. The molecule has 0 radical (unpaired) electrons. The highest BCUT2D eigenvalue weighted by molar-refractivity contribution is 5.91. The number of aromatic carboxylic acids is 1. The van der Waals surface area contributed by atoms with Crippen LogP contribution in [0.3, 0.4) is 0 Å². The first-order chi connectivity index (χ1) is 9.65. The number of fused-ring (bicyclic) bond motifs is 1. The molecule has 1 aromatic heterocycles. The third-order valence-electron chi connectivity index (χ3n) is 3.76. The highest BCUT2D eigenvalue weighted by Gasteiger charge is 2.22. The fourth-order valence-electron chi connectivity index (χ4n) is 2.69. The fraction of sp³-hybridized carbons (Fsp3) is 0.400. The number of carboxylic acids is 1. The summed E-state index contributed by atoms with van der Waals surface area (Å²) in [6.07, 6.45) is 1.39. The summed E-state index contributed by atoms with van der Waals surface area (Å²) >= 11 is 0. The van der Waals surface area contributed by atoms with Crippen molar-refractivity contribution in [3.05, 3.63) is 35.6 Å². The van der Waals surface area contributed by atoms with Crippen LogP contribution in [-0.4, -0.2) is 42.3 Å². The van der Waals surface area contributed by atoms with Gasteiger partial charge in [0.05, 0.1) is 6.10 Å². The molecule has 1 fully saturated rings. The summed E-state index contributed by atoms with van der Waals surface area (Å²) < 4.78 is 10.6. The molecule has 3 rings (SSSR count). The summed E-state index contributed by atoms with van der Waals surface area (Å²) in [5.41, 5.74) is 1.77. The van der Waals surface area contributed by atoms with Crippen molar-refractivity contribution in [1.29, 1.82) is 0 Å². The smallest absolute Gasteiger partial charge is 0.371 e. The van der Waals surface area contributed by atoms with Crippen LogP contribution in [0.1, 0.15) is 22.5 Å². The molecule has 5 nitrogen and oxygen atoms in total. The van der Waals surface area contributed by atoms with Crippen molar-refractivity contribution in [3.8, 4) is 0 Å². The molecule has 0 bridgehead atoms. The number of ether oxygens (including phenoxy) is 1. The lowest BCUT2D eigenvalue weighted by atomic mass is 10.1. The molecule has 1 aromatic carbocycles. The highest BCUT2D eigenvalue weighted by Crippen LogP contribution is 2.23. The number of likely N-dealkylation sites (tertiary alicyclic amines) is 1. The summed E-state index contributed by atoms with van der Waals surface area (Å²) in [6.45, 7) is 2.83. The molecule has 1 atom stereocenters. The van der Waals surface area contributed by atoms with Gasteiger partial charge in [-0.15, -0.1) is 0 Å². The van der Waals surface area contributed by atoms with E-state index in [1.165, 1.54) is 0 Å². The largest absolute Gasteiger partial charge is 0.475 e. The predicted octanol–water partition coefficient (Wildman–Crippen LogP) is 2.35. The molecule has 1 aliphatic heterocycles. The van der Waals surface area contributed by atoms with Gasteiger partial charge >= 0.3 is 5.97 Å². The molecule has 106 valence electrons. The number of benzene rings is 1. The molecule has 1 unspecified atom stereocenters. The monoisotopic (exact) mass is 275 g/mol. The number of furan rings is 1. The van der Waals surface area contributed by atoms with E-state index in [-0.39, 0.29) is 5.76 Å². The number of carboxylic acid groups (broad SMARTS) is 1. The third-order valence-corrected chi connectivity index (χ3v) is 3.76. The van der Waals surface area contributed by atoms with Crippen LogP contribution in [0.5, 0.6) is 0 Å². The van der Waals surface area contributed by atoms with Crippen molar-refractivity contribution in [2.75, 3.05) is 20.2 Å². The molecule has 0 amide bonds. The average molecular weight is 275 g/mol. The lowest BCUT2D eigenvalue weighted by Gasteiger charge is -2.15. The lowest BCUT2D eigenvalue weighted by Crippen LogP contribution is -2.22. The van der Waals surface area contributed by atoms with Crippen LogP contribution in [0.2, 0.25) is 0 Å². The van der Waals surface area contributed by atoms with Crippen molar-refractivity contribution >= 4 is 16.9 Å². The van der Waals surface area contributed by atoms with Gasteiger partial charge in [0.15, 0.2) is 0 Å². The normalized spacial score (nSPS) is 19.8. The Hall–Kier alpha value is -1.85. The van der Waals surface area contributed by atoms with E-state index in [4.69, 9.17) is 14.3 Å². The van der Waals surface area contributed by atoms with Crippen molar-refractivity contribution in [2.24, 2.45) is 0 Å². The van der Waals surface area contributed by atoms with Gasteiger partial charge in [-0.1, -0.05) is 6.07 Å². The molecule has 5 heteroatoms. The van der Waals surface area contributed by atoms with E-state index in [2.05, 4.69) is 4.90 Å². The third kappa shape index (κ3) is 2.55. The first-order valence-electron chi connectivity index (χ1n) is 6.66. The van der Waals surface area contributed by atoms with Gasteiger partial charge in [0, 0.05) is 32.1 Å². The first kappa shape index (κ1) is 13.1. The standard InChI is InChI=1S/C15H17NO4/c1-19-12-4-5-16(9-12)8-10-2-3-13-11(6-10)7-14(20-13)15(17)18/h2-3,6-7,12H,4-5,8-9H2,1H3,(H,17,18). The second-order valence-electron chi connectivity index (χ2n) is 5.17. The van der Waals surface area contributed by atoms with E-state index in [1.54, 1.807) is 13.2 Å². The van der Waals surface area contributed by atoms with Gasteiger partial charge in [-0.25, -0.2) is 4.79 Å². The molecule has 1 aliphatic rings. The quantitative estimate of drug-likeness (QED) is 0.928. The number of carbonyl (C=O) groups is 1. The highest BCUT2D eigenvalue weighted by atomic mass is 16.5. The Bertz CT molecular complexity index is 634. The number of methoxy groups -OCH3 is 1. The zero-order valence-electron chi connectivity index (χ0n) is 11.3. The lowest BCUT2D eigenvalue weighted by molar-refractivity contribution is 0.0665. The molecule has 1 saturated heterocycles. The van der Waals surface area contributed by atoms with Gasteiger partial charge in [0.25, 0.3) is 0 Å². The van der Waals surface area contributed by atoms with E-state index in [0.29, 0.717) is 11.7 Å². The topological polar surface area (TPSA) is 62.9 Å². The average Bonchev–Trinajstić information content (AvgIpc) is 3.04. The maximum Gasteiger partial charge on any atom is 0.371 e. The summed E-state index contributed by atoms with van der Waals surface area (Å²) in [7, 11) is 1.75. The van der Waals surface area contributed by atoms with Gasteiger partial charge < -0.3 is 14.3 Å². The van der Waals surface area contributed by atoms with Gasteiger partial charge in [-0.3, -0.25) is 4.90 Å². The molecular formula is C15H17NO4. The summed E-state index contributed by atoms with van der Waals surface area (Å²) in [5, 5.41) is 9.76. The Morgan fingerprint density at radius 3 is 3.05 bits per heavy atom. The second-order valence-corrected chi connectivity index (χ2v) is 5.17. The van der Waals surface area contributed by atoms with Gasteiger partial charge in [-0.2, -0.15) is 0 Å². The van der Waals surface area contributed by atoms with E-state index in [0.717, 1.165) is 37.0 Å². The zero-order chi connectivity index (χ0) is 14.1. The van der Waals surface area contributed by atoms with Gasteiger partial charge in [0.2, 0.25) is 5.76 Å². The van der Waals surface area contributed by atoms with Crippen LogP contribution in [0.25, 0.3) is 11.0 Å². The Morgan fingerprint density at radius 2 is 2.35 bits per heavy atom. The molecular weight excluding hydrogens is 258 g/mol. The molecule has 0 spiro atoms. The van der Waals surface area contributed by atoms with Crippen molar-refractivity contribution in [3.63, 3.8) is 0 Å². The SMILES string of the molecule is COC1CCN(Cc2ccc3oc(C(=O)O)cc3c2)C1. The summed E-state index contributed by atoms with van der Waals surface area (Å²) in [4.78, 5) is 13.2. The molecule has 0 aliphatic carbocycles. The van der Waals surface area contributed by atoms with Crippen molar-refractivity contribution in [1.82, 2.24) is 4.90 Å². The van der Waals surface area contributed by atoms with E-state index in [1.807, 2.05) is 18.2 Å². The van der Waals surface area contributed by atoms with Crippen LogP contribution in [0.4, 0.5) is 0 Å². The van der Waals surface area contributed by atoms with E-state index >= 15 is 0 Å². The van der Waals surface area contributed by atoms with E-state index in [9.17, 15) is 4.79 Å². The Kier molecular flexibility index (Phi) is 3.46. The van der Waals surface area contributed by atoms with Crippen molar-refractivity contribution < 1.29 is 19.1 Å². The maximum atomic E-state index is 10.9. The number of nitrogens with zero attached hydrogens (tertiary/aromatic N) is 1. The predicted molar refractivity (Wildman–Crippen MR) is 73.9 cm³/mol. The van der Waals surface area contributed by atoms with Crippen LogP contribution in [0, 0.1) is 0 Å². The Morgan fingerprint density at radius 1 is 1.50 bits per heavy atom. The molecule has 2 heterocycles. The van der Waals surface area contributed by atoms with Crippen molar-refractivity contribution in [2.45, 2.75) is 19.1 Å². The van der Waals surface area contributed by atoms with Gasteiger partial charge in [0.1, 0.15) is 5.58 Å². The minimum atomic E-state index is -1.04. The van der Waals surface area contributed by atoms with Crippen LogP contribution in [0.15, 0.2) is 28.7 Å². The Balaban J connectivity index is 1.77. The zero-order valence-corrected chi connectivity index (χ0v) is 11.3.